The van der Waals surface area contributed by atoms with E-state index in [4.69, 9.17) is 15.2 Å². The summed E-state index contributed by atoms with van der Waals surface area (Å²) in [6.45, 7) is 9.71. The lowest BCUT2D eigenvalue weighted by molar-refractivity contribution is -0.104. The van der Waals surface area contributed by atoms with Gasteiger partial charge in [0.2, 0.25) is 18.3 Å². The highest BCUT2D eigenvalue weighted by molar-refractivity contribution is 5.70. The fourth-order valence-corrected chi connectivity index (χ4v) is 2.85. The standard InChI is InChI=1S/C20H33F4N3O4/c1-18(2,3)30-16(28)26-11-9-7-8-10-20(24)13(25)12(21)14(22)27(15(20)23)17(29)31-19(4,5)6/h14-15H,7-11,25H2,1-6H3,(H,26,28). The SMILES string of the molecule is CC(C)(C)OC(=O)NCCCCCC1(F)C(N)=C(F)C(F)N(C(=O)OC(C)(C)C)C1F. The first-order valence-electron chi connectivity index (χ1n) is 10.1. The monoisotopic (exact) mass is 455 g/mol. The topological polar surface area (TPSA) is 93.9 Å². The fourth-order valence-electron chi connectivity index (χ4n) is 2.85. The zero-order valence-electron chi connectivity index (χ0n) is 18.9. The van der Waals surface area contributed by atoms with Crippen molar-refractivity contribution in [3.63, 3.8) is 0 Å². The summed E-state index contributed by atoms with van der Waals surface area (Å²) in [5.74, 6) is -1.76. The summed E-state index contributed by atoms with van der Waals surface area (Å²) in [4.78, 5) is 23.4. The lowest BCUT2D eigenvalue weighted by Gasteiger charge is -2.42. The van der Waals surface area contributed by atoms with Crippen LogP contribution in [0.2, 0.25) is 0 Å². The summed E-state index contributed by atoms with van der Waals surface area (Å²) in [5, 5.41) is 2.52. The molecule has 2 amide bonds. The van der Waals surface area contributed by atoms with Crippen molar-refractivity contribution in [1.29, 1.82) is 0 Å². The maximum absolute atomic E-state index is 15.3. The maximum atomic E-state index is 15.3. The van der Waals surface area contributed by atoms with Crippen LogP contribution in [0.15, 0.2) is 11.5 Å². The Labute approximate surface area is 180 Å². The highest BCUT2D eigenvalue weighted by Gasteiger charge is 2.57. The van der Waals surface area contributed by atoms with Crippen LogP contribution < -0.4 is 11.1 Å². The van der Waals surface area contributed by atoms with Gasteiger partial charge in [-0.3, -0.25) is 0 Å². The Kier molecular flexibility index (Phi) is 8.61. The van der Waals surface area contributed by atoms with Gasteiger partial charge >= 0.3 is 12.2 Å². The van der Waals surface area contributed by atoms with Gasteiger partial charge in [0.1, 0.15) is 11.2 Å². The van der Waals surface area contributed by atoms with Gasteiger partial charge in [0, 0.05) is 6.54 Å². The first-order chi connectivity index (χ1) is 14.0. The van der Waals surface area contributed by atoms with Crippen molar-refractivity contribution in [2.45, 2.75) is 96.7 Å². The summed E-state index contributed by atoms with van der Waals surface area (Å²) >= 11 is 0. The van der Waals surface area contributed by atoms with E-state index in [-0.39, 0.29) is 17.9 Å². The Balaban J connectivity index is 2.71. The number of hydrogen-bond acceptors (Lipinski definition) is 5. The number of nitrogens with zero attached hydrogens (tertiary/aromatic N) is 1. The van der Waals surface area contributed by atoms with Crippen molar-refractivity contribution in [2.24, 2.45) is 5.73 Å². The molecule has 0 fully saturated rings. The molecule has 31 heavy (non-hydrogen) atoms. The number of ether oxygens (including phenoxy) is 2. The average Bonchev–Trinajstić information content (AvgIpc) is 2.58. The van der Waals surface area contributed by atoms with Crippen LogP contribution in [0.3, 0.4) is 0 Å². The van der Waals surface area contributed by atoms with Crippen molar-refractivity contribution in [1.82, 2.24) is 10.2 Å². The van der Waals surface area contributed by atoms with E-state index in [0.717, 1.165) is 0 Å². The van der Waals surface area contributed by atoms with Crippen LogP contribution in [0, 0.1) is 0 Å². The molecular weight excluding hydrogens is 422 g/mol. The second kappa shape index (κ2) is 9.95. The van der Waals surface area contributed by atoms with Crippen LogP contribution in [-0.4, -0.2) is 53.1 Å². The van der Waals surface area contributed by atoms with E-state index in [0.29, 0.717) is 12.8 Å². The van der Waals surface area contributed by atoms with Crippen molar-refractivity contribution >= 4 is 12.2 Å². The maximum Gasteiger partial charge on any atom is 0.415 e. The Bertz CT molecular complexity index is 691. The van der Waals surface area contributed by atoms with E-state index >= 15 is 4.39 Å². The number of rotatable bonds is 6. The van der Waals surface area contributed by atoms with Gasteiger partial charge in [0.15, 0.2) is 5.83 Å². The number of unbranched alkanes of at least 4 members (excludes halogenated alkanes) is 2. The number of halogens is 4. The van der Waals surface area contributed by atoms with Crippen LogP contribution in [0.25, 0.3) is 0 Å². The highest BCUT2D eigenvalue weighted by atomic mass is 19.2. The van der Waals surface area contributed by atoms with Gasteiger partial charge in [-0.2, -0.15) is 0 Å². The molecule has 11 heteroatoms. The normalized spacial score (nSPS) is 24.8. The molecule has 1 heterocycles. The third-order valence-electron chi connectivity index (χ3n) is 4.27. The lowest BCUT2D eigenvalue weighted by atomic mass is 9.89. The molecule has 3 atom stereocenters. The molecule has 0 aliphatic carbocycles. The number of alkyl halides is 3. The number of carbonyl (C=O) groups is 2. The zero-order valence-corrected chi connectivity index (χ0v) is 18.9. The summed E-state index contributed by atoms with van der Waals surface area (Å²) in [6, 6.07) is 0. The van der Waals surface area contributed by atoms with Gasteiger partial charge in [0.05, 0.1) is 5.70 Å². The lowest BCUT2D eigenvalue weighted by Crippen LogP contribution is -2.60. The van der Waals surface area contributed by atoms with Gasteiger partial charge in [-0.15, -0.1) is 0 Å². The molecule has 0 saturated carbocycles. The third-order valence-corrected chi connectivity index (χ3v) is 4.27. The molecule has 1 aliphatic rings. The van der Waals surface area contributed by atoms with E-state index in [1.807, 2.05) is 0 Å². The number of amides is 2. The minimum absolute atomic E-state index is 0.0417. The van der Waals surface area contributed by atoms with E-state index in [1.54, 1.807) is 20.8 Å². The van der Waals surface area contributed by atoms with Gasteiger partial charge in [-0.05, 0) is 60.8 Å². The molecule has 1 aliphatic heterocycles. The molecule has 0 saturated heterocycles. The number of carbonyl (C=O) groups excluding carboxylic acids is 2. The second-order valence-electron chi connectivity index (χ2n) is 9.42. The minimum Gasteiger partial charge on any atom is -0.444 e. The molecule has 180 valence electrons. The van der Waals surface area contributed by atoms with Crippen LogP contribution >= 0.6 is 0 Å². The smallest absolute Gasteiger partial charge is 0.415 e. The Morgan fingerprint density at radius 1 is 1.06 bits per heavy atom. The molecular formula is C20H33F4N3O4. The van der Waals surface area contributed by atoms with Crippen molar-refractivity contribution in [3.8, 4) is 0 Å². The molecule has 1 rings (SSSR count). The van der Waals surface area contributed by atoms with Gasteiger partial charge in [-0.1, -0.05) is 6.42 Å². The van der Waals surface area contributed by atoms with E-state index in [1.165, 1.54) is 20.8 Å². The highest BCUT2D eigenvalue weighted by Crippen LogP contribution is 2.42. The second-order valence-corrected chi connectivity index (χ2v) is 9.42. The molecule has 7 nitrogen and oxygen atoms in total. The van der Waals surface area contributed by atoms with Crippen LogP contribution in [-0.2, 0) is 9.47 Å². The Hall–Kier alpha value is -2.20. The minimum atomic E-state index is -3.11. The van der Waals surface area contributed by atoms with Crippen LogP contribution in [0.5, 0.6) is 0 Å². The zero-order chi connectivity index (χ0) is 24.2. The third kappa shape index (κ3) is 7.46. The molecule has 0 bridgehead atoms. The Morgan fingerprint density at radius 2 is 1.61 bits per heavy atom. The fraction of sp³-hybridized carbons (Fsp3) is 0.800. The number of nitrogens with two attached hydrogens (primary N) is 1. The summed E-state index contributed by atoms with van der Waals surface area (Å²) in [5.41, 5.74) is -0.728. The van der Waals surface area contributed by atoms with Crippen molar-refractivity contribution < 1.29 is 36.6 Å². The largest absolute Gasteiger partial charge is 0.444 e. The van der Waals surface area contributed by atoms with E-state index in [2.05, 4.69) is 5.32 Å². The summed E-state index contributed by atoms with van der Waals surface area (Å²) in [6.07, 6.45) is -7.70. The van der Waals surface area contributed by atoms with E-state index < -0.39 is 59.6 Å². The first-order valence-corrected chi connectivity index (χ1v) is 10.1. The molecule has 0 aromatic rings. The van der Waals surface area contributed by atoms with Crippen molar-refractivity contribution in [2.75, 3.05) is 6.54 Å². The number of alkyl carbamates (subject to hydrolysis) is 1. The van der Waals surface area contributed by atoms with Crippen molar-refractivity contribution in [3.05, 3.63) is 11.5 Å². The molecule has 3 N–H and O–H groups in total. The number of hydrogen-bond donors (Lipinski definition) is 2. The van der Waals surface area contributed by atoms with Gasteiger partial charge < -0.3 is 20.5 Å². The predicted molar refractivity (Wildman–Crippen MR) is 107 cm³/mol. The van der Waals surface area contributed by atoms with Gasteiger partial charge in [-0.25, -0.2) is 32.1 Å². The van der Waals surface area contributed by atoms with Gasteiger partial charge in [0.25, 0.3) is 0 Å². The first kappa shape index (κ1) is 26.8. The molecule has 3 unspecified atom stereocenters. The van der Waals surface area contributed by atoms with Crippen LogP contribution in [0.1, 0.15) is 67.2 Å². The predicted octanol–water partition coefficient (Wildman–Crippen LogP) is 4.76. The molecule has 0 aromatic carbocycles. The average molecular weight is 455 g/mol. The summed E-state index contributed by atoms with van der Waals surface area (Å²) < 4.78 is 68.6. The molecule has 0 spiro atoms. The summed E-state index contributed by atoms with van der Waals surface area (Å²) in [7, 11) is 0. The quantitative estimate of drug-likeness (QED) is 0.342. The number of nitrogens with one attached hydrogen (secondary N) is 1. The Morgan fingerprint density at radius 3 is 2.13 bits per heavy atom. The van der Waals surface area contributed by atoms with Crippen LogP contribution in [0.4, 0.5) is 27.2 Å². The molecule has 0 aromatic heterocycles. The van der Waals surface area contributed by atoms with E-state index in [9.17, 15) is 22.8 Å². The molecule has 0 radical (unpaired) electrons.